The number of hydrogen-bond donors (Lipinski definition) is 1. The van der Waals surface area contributed by atoms with E-state index in [1.54, 1.807) is 19.0 Å². The number of aromatic nitrogens is 2. The van der Waals surface area contributed by atoms with Gasteiger partial charge in [0.05, 0.1) is 24.9 Å². The van der Waals surface area contributed by atoms with Crippen molar-refractivity contribution in [3.05, 3.63) is 46.1 Å². The predicted octanol–water partition coefficient (Wildman–Crippen LogP) is 2.31. The van der Waals surface area contributed by atoms with Crippen LogP contribution in [0.5, 0.6) is 0 Å². The molecule has 0 unspecified atom stereocenters. The first-order valence-corrected chi connectivity index (χ1v) is 11.0. The zero-order chi connectivity index (χ0) is 22.3. The van der Waals surface area contributed by atoms with E-state index < -0.39 is 0 Å². The first-order valence-electron chi connectivity index (χ1n) is 10.2. The summed E-state index contributed by atoms with van der Waals surface area (Å²) in [4.78, 5) is 33.9. The highest BCUT2D eigenvalue weighted by Gasteiger charge is 2.31. The second-order valence-electron chi connectivity index (χ2n) is 8.09. The lowest BCUT2D eigenvalue weighted by Gasteiger charge is -2.35. The number of rotatable bonds is 4. The maximum Gasteiger partial charge on any atom is 0.266 e. The zero-order valence-electron chi connectivity index (χ0n) is 18.2. The summed E-state index contributed by atoms with van der Waals surface area (Å²) in [5.74, 6) is -0.0866. The van der Waals surface area contributed by atoms with E-state index in [0.29, 0.717) is 47.4 Å². The number of ether oxygens (including phenoxy) is 1. The lowest BCUT2D eigenvalue weighted by Crippen LogP contribution is -2.49. The first kappa shape index (κ1) is 21.3. The number of morpholine rings is 1. The maximum atomic E-state index is 13.3. The number of hydrogen-bond acceptors (Lipinski definition) is 6. The summed E-state index contributed by atoms with van der Waals surface area (Å²) in [6.07, 6.45) is 2.71. The summed E-state index contributed by atoms with van der Waals surface area (Å²) in [6.45, 7) is 3.30. The number of aryl methyl sites for hydroxylation is 2. The van der Waals surface area contributed by atoms with Crippen LogP contribution >= 0.6 is 11.3 Å². The molecule has 2 aromatic heterocycles. The fourth-order valence-electron chi connectivity index (χ4n) is 4.12. The summed E-state index contributed by atoms with van der Waals surface area (Å²) in [7, 11) is 5.48. The van der Waals surface area contributed by atoms with Gasteiger partial charge in [-0.25, -0.2) is 4.98 Å². The lowest BCUT2D eigenvalue weighted by molar-refractivity contribution is -0.00135. The maximum absolute atomic E-state index is 13.3. The summed E-state index contributed by atoms with van der Waals surface area (Å²) < 4.78 is 7.77. The molecule has 164 valence electrons. The van der Waals surface area contributed by atoms with Crippen molar-refractivity contribution >= 4 is 39.2 Å². The fourth-order valence-corrected chi connectivity index (χ4v) is 4.91. The van der Waals surface area contributed by atoms with E-state index in [-0.39, 0.29) is 17.9 Å². The van der Waals surface area contributed by atoms with E-state index >= 15 is 0 Å². The number of carbonyl (C=O) groups excluding carboxylic acids is 2. The summed E-state index contributed by atoms with van der Waals surface area (Å²) in [6, 6.07) is 5.66. The van der Waals surface area contributed by atoms with Crippen molar-refractivity contribution in [2.24, 2.45) is 7.05 Å². The minimum Gasteiger partial charge on any atom is -0.377 e. The quantitative estimate of drug-likeness (QED) is 0.671. The molecule has 8 nitrogen and oxygen atoms in total. The number of benzene rings is 1. The third-order valence-electron chi connectivity index (χ3n) is 5.68. The standard InChI is InChI=1S/C22H27N5O3S/c1-13-19(31-22(23)24-13)21(29)27-7-8-30-12-16(27)9-15-11-26(4)18-6-5-14(10-17(15)18)20(28)25(2)3/h5-6,10-11,16H,7-9,12H2,1-4H3,(H2,23,24)/t16-/m0/s1. The van der Waals surface area contributed by atoms with Crippen LogP contribution in [0.4, 0.5) is 5.13 Å². The molecule has 0 radical (unpaired) electrons. The molecule has 0 spiro atoms. The molecule has 0 aliphatic carbocycles. The zero-order valence-corrected chi connectivity index (χ0v) is 19.0. The van der Waals surface area contributed by atoms with E-state index in [2.05, 4.69) is 15.7 Å². The van der Waals surface area contributed by atoms with Gasteiger partial charge in [-0.1, -0.05) is 11.3 Å². The van der Waals surface area contributed by atoms with Crippen LogP contribution in [-0.2, 0) is 18.2 Å². The highest BCUT2D eigenvalue weighted by molar-refractivity contribution is 7.17. The van der Waals surface area contributed by atoms with Crippen molar-refractivity contribution < 1.29 is 14.3 Å². The van der Waals surface area contributed by atoms with Crippen LogP contribution in [0.2, 0.25) is 0 Å². The number of amides is 2. The normalized spacial score (nSPS) is 16.6. The molecule has 1 aliphatic heterocycles. The molecule has 3 aromatic rings. The van der Waals surface area contributed by atoms with Crippen molar-refractivity contribution in [3.8, 4) is 0 Å². The Labute approximate surface area is 185 Å². The number of carbonyl (C=O) groups is 2. The van der Waals surface area contributed by atoms with Crippen LogP contribution in [-0.4, -0.2) is 71.1 Å². The molecular weight excluding hydrogens is 414 g/mol. The second kappa shape index (κ2) is 8.32. The van der Waals surface area contributed by atoms with Gasteiger partial charge in [-0.05, 0) is 37.1 Å². The number of nitrogen functional groups attached to an aromatic ring is 1. The van der Waals surface area contributed by atoms with E-state index in [9.17, 15) is 9.59 Å². The molecular formula is C22H27N5O3S. The molecule has 3 heterocycles. The third kappa shape index (κ3) is 4.03. The van der Waals surface area contributed by atoms with Gasteiger partial charge >= 0.3 is 0 Å². The minimum atomic E-state index is -0.109. The molecule has 1 fully saturated rings. The van der Waals surface area contributed by atoms with Crippen LogP contribution in [0.3, 0.4) is 0 Å². The molecule has 1 atom stereocenters. The van der Waals surface area contributed by atoms with Crippen molar-refractivity contribution in [1.29, 1.82) is 0 Å². The number of anilines is 1. The molecule has 2 N–H and O–H groups in total. The smallest absolute Gasteiger partial charge is 0.266 e. The largest absolute Gasteiger partial charge is 0.377 e. The molecule has 4 rings (SSSR count). The first-order chi connectivity index (χ1) is 14.8. The van der Waals surface area contributed by atoms with Gasteiger partial charge in [-0.2, -0.15) is 0 Å². The highest BCUT2D eigenvalue weighted by Crippen LogP contribution is 2.28. The van der Waals surface area contributed by atoms with Gasteiger partial charge in [-0.15, -0.1) is 0 Å². The van der Waals surface area contributed by atoms with E-state index in [4.69, 9.17) is 10.5 Å². The van der Waals surface area contributed by atoms with Crippen molar-refractivity contribution in [1.82, 2.24) is 19.4 Å². The Hall–Kier alpha value is -2.91. The van der Waals surface area contributed by atoms with Gasteiger partial charge in [0.25, 0.3) is 11.8 Å². The highest BCUT2D eigenvalue weighted by atomic mass is 32.1. The van der Waals surface area contributed by atoms with Gasteiger partial charge in [0, 0.05) is 50.4 Å². The molecule has 1 aromatic carbocycles. The Morgan fingerprint density at radius 2 is 2.13 bits per heavy atom. The van der Waals surface area contributed by atoms with E-state index in [1.807, 2.05) is 37.1 Å². The Kier molecular flexibility index (Phi) is 5.72. The monoisotopic (exact) mass is 441 g/mol. The molecule has 0 saturated carbocycles. The van der Waals surface area contributed by atoms with Gasteiger partial charge in [0.1, 0.15) is 4.88 Å². The van der Waals surface area contributed by atoms with Gasteiger partial charge in [-0.3, -0.25) is 9.59 Å². The molecule has 0 bridgehead atoms. The summed E-state index contributed by atoms with van der Waals surface area (Å²) in [5, 5.41) is 1.42. The third-order valence-corrected chi connectivity index (χ3v) is 6.65. The number of nitrogens with zero attached hydrogens (tertiary/aromatic N) is 4. The van der Waals surface area contributed by atoms with Crippen LogP contribution in [0.25, 0.3) is 10.9 Å². The summed E-state index contributed by atoms with van der Waals surface area (Å²) in [5.41, 5.74) is 9.25. The molecule has 31 heavy (non-hydrogen) atoms. The molecule has 1 aliphatic rings. The fraction of sp³-hybridized carbons (Fsp3) is 0.409. The molecule has 9 heteroatoms. The van der Waals surface area contributed by atoms with Crippen LogP contribution in [0.1, 0.15) is 31.3 Å². The van der Waals surface area contributed by atoms with Crippen LogP contribution < -0.4 is 5.73 Å². The Balaban J connectivity index is 1.66. The van der Waals surface area contributed by atoms with Gasteiger partial charge in [0.15, 0.2) is 5.13 Å². The van der Waals surface area contributed by atoms with Crippen molar-refractivity contribution in [2.75, 3.05) is 39.6 Å². The predicted molar refractivity (Wildman–Crippen MR) is 122 cm³/mol. The average molecular weight is 442 g/mol. The minimum absolute atomic E-state index is 0.0345. The topological polar surface area (TPSA) is 93.7 Å². The lowest BCUT2D eigenvalue weighted by atomic mass is 10.0. The SMILES string of the molecule is Cc1nc(N)sc1C(=O)N1CCOC[C@@H]1Cc1cn(C)c2ccc(C(=O)N(C)C)cc12. The van der Waals surface area contributed by atoms with Gasteiger partial charge < -0.3 is 24.8 Å². The van der Waals surface area contributed by atoms with Crippen LogP contribution in [0, 0.1) is 6.92 Å². The molecule has 2 amide bonds. The van der Waals surface area contributed by atoms with E-state index in [1.165, 1.54) is 11.3 Å². The second-order valence-corrected chi connectivity index (χ2v) is 9.13. The Bertz CT molecular complexity index is 1150. The number of fused-ring (bicyclic) bond motifs is 1. The Morgan fingerprint density at radius 1 is 1.35 bits per heavy atom. The number of nitrogens with two attached hydrogens (primary N) is 1. The number of thiazole rings is 1. The average Bonchev–Trinajstić information content (AvgIpc) is 3.25. The Morgan fingerprint density at radius 3 is 2.81 bits per heavy atom. The van der Waals surface area contributed by atoms with Crippen molar-refractivity contribution in [2.45, 2.75) is 19.4 Å². The van der Waals surface area contributed by atoms with Crippen LogP contribution in [0.15, 0.2) is 24.4 Å². The summed E-state index contributed by atoms with van der Waals surface area (Å²) >= 11 is 1.23. The van der Waals surface area contributed by atoms with Gasteiger partial charge in [0.2, 0.25) is 0 Å². The molecule has 1 saturated heterocycles. The van der Waals surface area contributed by atoms with E-state index in [0.717, 1.165) is 16.5 Å². The van der Waals surface area contributed by atoms with Crippen molar-refractivity contribution in [3.63, 3.8) is 0 Å².